The first-order chi connectivity index (χ1) is 15.6. The second-order valence-electron chi connectivity index (χ2n) is 9.62. The van der Waals surface area contributed by atoms with E-state index in [0.717, 1.165) is 16.8 Å². The lowest BCUT2D eigenvalue weighted by Crippen LogP contribution is -2.50. The van der Waals surface area contributed by atoms with E-state index in [1.54, 1.807) is 36.0 Å². The van der Waals surface area contributed by atoms with E-state index < -0.39 is 0 Å². The SMILES string of the molecule is Cn1nc(C(C)(C)C)cc1C(=O)N1CCN(C(c2ccc(F)cc2)c2ccc(F)cc2)CC1. The Kier molecular flexibility index (Phi) is 6.34. The van der Waals surface area contributed by atoms with Gasteiger partial charge in [0.2, 0.25) is 0 Å². The van der Waals surface area contributed by atoms with Crippen molar-refractivity contribution < 1.29 is 13.6 Å². The molecule has 0 unspecified atom stereocenters. The van der Waals surface area contributed by atoms with Crippen molar-refractivity contribution in [1.29, 1.82) is 0 Å². The molecule has 33 heavy (non-hydrogen) atoms. The van der Waals surface area contributed by atoms with Crippen LogP contribution in [0.3, 0.4) is 0 Å². The Labute approximate surface area is 193 Å². The quantitative estimate of drug-likeness (QED) is 0.584. The van der Waals surface area contributed by atoms with Gasteiger partial charge < -0.3 is 4.90 Å². The average molecular weight is 453 g/mol. The zero-order chi connectivity index (χ0) is 23.8. The van der Waals surface area contributed by atoms with Crippen molar-refractivity contribution in [3.8, 4) is 0 Å². The predicted molar refractivity (Wildman–Crippen MR) is 124 cm³/mol. The van der Waals surface area contributed by atoms with Crippen molar-refractivity contribution in [3.63, 3.8) is 0 Å². The molecule has 1 fully saturated rings. The zero-order valence-electron chi connectivity index (χ0n) is 19.6. The van der Waals surface area contributed by atoms with Crippen molar-refractivity contribution in [3.05, 3.63) is 88.7 Å². The molecule has 0 atom stereocenters. The summed E-state index contributed by atoms with van der Waals surface area (Å²) in [6.07, 6.45) is 0. The Morgan fingerprint density at radius 2 is 1.36 bits per heavy atom. The Morgan fingerprint density at radius 3 is 1.79 bits per heavy atom. The second-order valence-corrected chi connectivity index (χ2v) is 9.62. The minimum atomic E-state index is -0.294. The van der Waals surface area contributed by atoms with Crippen LogP contribution < -0.4 is 0 Å². The Bertz CT molecular complexity index is 1060. The van der Waals surface area contributed by atoms with Gasteiger partial charge in [0.1, 0.15) is 17.3 Å². The largest absolute Gasteiger partial charge is 0.335 e. The summed E-state index contributed by atoms with van der Waals surface area (Å²) < 4.78 is 28.7. The van der Waals surface area contributed by atoms with Gasteiger partial charge in [0.15, 0.2) is 0 Å². The fourth-order valence-corrected chi connectivity index (χ4v) is 4.28. The lowest BCUT2D eigenvalue weighted by molar-refractivity contribution is 0.0587. The predicted octanol–water partition coefficient (Wildman–Crippen LogP) is 4.54. The van der Waals surface area contributed by atoms with Gasteiger partial charge in [-0.2, -0.15) is 5.10 Å². The third-order valence-electron chi connectivity index (χ3n) is 6.21. The molecular weight excluding hydrogens is 422 g/mol. The van der Waals surface area contributed by atoms with Crippen LogP contribution in [0.4, 0.5) is 8.78 Å². The highest BCUT2D eigenvalue weighted by atomic mass is 19.1. The molecule has 0 N–H and O–H groups in total. The summed E-state index contributed by atoms with van der Waals surface area (Å²) in [6, 6.07) is 14.6. The number of hydrogen-bond acceptors (Lipinski definition) is 3. The highest BCUT2D eigenvalue weighted by molar-refractivity contribution is 5.92. The van der Waals surface area contributed by atoms with Gasteiger partial charge in [-0.05, 0) is 41.5 Å². The number of piperazine rings is 1. The summed E-state index contributed by atoms with van der Waals surface area (Å²) in [7, 11) is 1.80. The normalized spacial score (nSPS) is 15.3. The molecule has 0 radical (unpaired) electrons. The minimum absolute atomic E-state index is 0.0275. The summed E-state index contributed by atoms with van der Waals surface area (Å²) in [5.41, 5.74) is 3.21. The van der Waals surface area contributed by atoms with Crippen molar-refractivity contribution in [2.75, 3.05) is 26.2 Å². The van der Waals surface area contributed by atoms with Crippen molar-refractivity contribution in [2.24, 2.45) is 7.05 Å². The fraction of sp³-hybridized carbons (Fsp3) is 0.385. The van der Waals surface area contributed by atoms with E-state index in [-0.39, 0.29) is 29.0 Å². The van der Waals surface area contributed by atoms with E-state index in [9.17, 15) is 13.6 Å². The molecule has 1 aromatic heterocycles. The number of rotatable bonds is 4. The number of carbonyl (C=O) groups is 1. The average Bonchev–Trinajstić information content (AvgIpc) is 3.19. The first kappa shape index (κ1) is 23.1. The Hall–Kier alpha value is -3.06. The number of hydrogen-bond donors (Lipinski definition) is 0. The smallest absolute Gasteiger partial charge is 0.272 e. The maximum absolute atomic E-state index is 13.5. The van der Waals surface area contributed by atoms with Gasteiger partial charge in [-0.15, -0.1) is 0 Å². The van der Waals surface area contributed by atoms with Crippen LogP contribution >= 0.6 is 0 Å². The van der Waals surface area contributed by atoms with Crippen LogP contribution in [-0.4, -0.2) is 51.7 Å². The standard InChI is InChI=1S/C26H30F2N4O/c1-26(2,3)23-17-22(30(4)29-23)25(33)32-15-13-31(14-16-32)24(18-5-9-20(27)10-6-18)19-7-11-21(28)12-8-19/h5-12,17,24H,13-16H2,1-4H3. The minimum Gasteiger partial charge on any atom is -0.335 e. The molecule has 0 spiro atoms. The van der Waals surface area contributed by atoms with Gasteiger partial charge in [0.25, 0.3) is 5.91 Å². The van der Waals surface area contributed by atoms with Gasteiger partial charge in [-0.1, -0.05) is 45.0 Å². The van der Waals surface area contributed by atoms with Crippen LogP contribution in [-0.2, 0) is 12.5 Å². The van der Waals surface area contributed by atoms with E-state index in [2.05, 4.69) is 30.8 Å². The highest BCUT2D eigenvalue weighted by Crippen LogP contribution is 2.30. The first-order valence-electron chi connectivity index (χ1n) is 11.2. The Balaban J connectivity index is 1.53. The van der Waals surface area contributed by atoms with Crippen LogP contribution in [0.25, 0.3) is 0 Å². The zero-order valence-corrected chi connectivity index (χ0v) is 19.6. The Morgan fingerprint density at radius 1 is 0.879 bits per heavy atom. The number of aryl methyl sites for hydroxylation is 1. The molecule has 7 heteroatoms. The lowest BCUT2D eigenvalue weighted by Gasteiger charge is -2.39. The molecule has 3 aromatic rings. The number of halogens is 2. The highest BCUT2D eigenvalue weighted by Gasteiger charge is 2.30. The molecule has 1 amide bonds. The summed E-state index contributed by atoms with van der Waals surface area (Å²) in [5, 5.41) is 4.53. The van der Waals surface area contributed by atoms with Gasteiger partial charge in [-0.25, -0.2) is 8.78 Å². The molecule has 5 nitrogen and oxygen atoms in total. The van der Waals surface area contributed by atoms with Crippen molar-refractivity contribution >= 4 is 5.91 Å². The number of amides is 1. The van der Waals surface area contributed by atoms with Crippen LogP contribution in [0.15, 0.2) is 54.6 Å². The van der Waals surface area contributed by atoms with Crippen LogP contribution in [0.1, 0.15) is 54.1 Å². The third kappa shape index (κ3) is 4.98. The second kappa shape index (κ2) is 9.06. The molecule has 1 aliphatic rings. The monoisotopic (exact) mass is 452 g/mol. The van der Waals surface area contributed by atoms with E-state index in [0.29, 0.717) is 31.9 Å². The molecular formula is C26H30F2N4O. The number of aromatic nitrogens is 2. The van der Waals surface area contributed by atoms with Crippen molar-refractivity contribution in [1.82, 2.24) is 19.6 Å². The van der Waals surface area contributed by atoms with Gasteiger partial charge in [0.05, 0.1) is 11.7 Å². The van der Waals surface area contributed by atoms with Crippen LogP contribution in [0.5, 0.6) is 0 Å². The number of benzene rings is 2. The van der Waals surface area contributed by atoms with Crippen LogP contribution in [0, 0.1) is 11.6 Å². The molecule has 2 aromatic carbocycles. The summed E-state index contributed by atoms with van der Waals surface area (Å²) in [4.78, 5) is 17.3. The van der Waals surface area contributed by atoms with E-state index in [1.807, 2.05) is 11.0 Å². The molecule has 1 aliphatic heterocycles. The lowest BCUT2D eigenvalue weighted by atomic mass is 9.92. The molecule has 4 rings (SSSR count). The molecule has 0 bridgehead atoms. The third-order valence-corrected chi connectivity index (χ3v) is 6.21. The topological polar surface area (TPSA) is 41.4 Å². The van der Waals surface area contributed by atoms with Gasteiger partial charge in [-0.3, -0.25) is 14.4 Å². The maximum atomic E-state index is 13.5. The molecule has 0 saturated carbocycles. The molecule has 174 valence electrons. The first-order valence-corrected chi connectivity index (χ1v) is 11.2. The van der Waals surface area contributed by atoms with E-state index in [4.69, 9.17) is 0 Å². The molecule has 2 heterocycles. The summed E-state index contributed by atoms with van der Waals surface area (Å²) >= 11 is 0. The van der Waals surface area contributed by atoms with E-state index in [1.165, 1.54) is 24.3 Å². The maximum Gasteiger partial charge on any atom is 0.272 e. The summed E-state index contributed by atoms with van der Waals surface area (Å²) in [5.74, 6) is -0.615. The van der Waals surface area contributed by atoms with Gasteiger partial charge in [0, 0.05) is 38.6 Å². The molecule has 0 aliphatic carbocycles. The molecule has 1 saturated heterocycles. The van der Waals surface area contributed by atoms with E-state index >= 15 is 0 Å². The number of nitrogens with zero attached hydrogens (tertiary/aromatic N) is 4. The summed E-state index contributed by atoms with van der Waals surface area (Å²) in [6.45, 7) is 8.65. The van der Waals surface area contributed by atoms with Crippen molar-refractivity contribution in [2.45, 2.75) is 32.2 Å². The van der Waals surface area contributed by atoms with Crippen LogP contribution in [0.2, 0.25) is 0 Å². The number of carbonyl (C=O) groups excluding carboxylic acids is 1. The fourth-order valence-electron chi connectivity index (χ4n) is 4.28. The van der Waals surface area contributed by atoms with Gasteiger partial charge >= 0.3 is 0 Å².